The molecule has 1 saturated heterocycles. The first-order valence-electron chi connectivity index (χ1n) is 13.0. The molecule has 1 heterocycles. The van der Waals surface area contributed by atoms with E-state index in [-0.39, 0.29) is 40.5 Å². The van der Waals surface area contributed by atoms with Gasteiger partial charge in [0.25, 0.3) is 5.91 Å². The fourth-order valence-corrected chi connectivity index (χ4v) is 7.58. The van der Waals surface area contributed by atoms with Gasteiger partial charge < -0.3 is 14.5 Å². The molecule has 1 aliphatic heterocycles. The van der Waals surface area contributed by atoms with Crippen LogP contribution in [0, 0.1) is 5.82 Å². The molecule has 0 aromatic heterocycles. The minimum Gasteiger partial charge on any atom is -0.490 e. The van der Waals surface area contributed by atoms with Gasteiger partial charge in [-0.1, -0.05) is 19.3 Å². The van der Waals surface area contributed by atoms with Crippen LogP contribution in [0.15, 0.2) is 46.2 Å². The minimum atomic E-state index is -3.58. The van der Waals surface area contributed by atoms with Crippen molar-refractivity contribution in [2.75, 3.05) is 37.3 Å². The molecule has 0 spiro atoms. The average Bonchev–Trinajstić information content (AvgIpc) is 2.88. The van der Waals surface area contributed by atoms with Crippen LogP contribution in [0.25, 0.3) is 0 Å². The van der Waals surface area contributed by atoms with Crippen molar-refractivity contribution in [3.05, 3.63) is 47.8 Å². The van der Waals surface area contributed by atoms with Gasteiger partial charge in [0, 0.05) is 32.4 Å². The number of piperazine rings is 1. The number of hydrogen-bond acceptors (Lipinski definition) is 7. The van der Waals surface area contributed by atoms with Gasteiger partial charge in [-0.3, -0.25) is 4.79 Å². The SMILES string of the molecule is CC(C)Oc1ccc(S(C)(=O)=O)cc1C(=O)N1CCN(c2ccc(S(=O)(=O)C3CCCCC3)cc2F)CC1. The second-order valence-corrected chi connectivity index (χ2v) is 14.5. The highest BCUT2D eigenvalue weighted by Crippen LogP contribution is 2.32. The minimum absolute atomic E-state index is 0.0166. The van der Waals surface area contributed by atoms with Gasteiger partial charge in [-0.15, -0.1) is 0 Å². The highest BCUT2D eigenvalue weighted by molar-refractivity contribution is 7.92. The molecule has 0 unspecified atom stereocenters. The highest BCUT2D eigenvalue weighted by Gasteiger charge is 2.31. The van der Waals surface area contributed by atoms with Gasteiger partial charge in [-0.25, -0.2) is 21.2 Å². The van der Waals surface area contributed by atoms with Crippen LogP contribution in [0.3, 0.4) is 0 Å². The first-order chi connectivity index (χ1) is 17.9. The predicted octanol–water partition coefficient (Wildman–Crippen LogP) is 4.09. The standard InChI is InChI=1S/C27H35FN2O6S2/c1-19(2)36-26-12-10-21(37(3,32)33)17-23(26)27(31)30-15-13-29(14-16-30)25-11-9-22(18-24(25)28)38(34,35)20-7-5-4-6-8-20/h9-12,17-20H,4-8,13-16H2,1-3H3. The van der Waals surface area contributed by atoms with Crippen molar-refractivity contribution >= 4 is 31.3 Å². The van der Waals surface area contributed by atoms with Gasteiger partial charge in [0.1, 0.15) is 11.6 Å². The van der Waals surface area contributed by atoms with Crippen LogP contribution >= 0.6 is 0 Å². The van der Waals surface area contributed by atoms with E-state index in [0.29, 0.717) is 37.4 Å². The van der Waals surface area contributed by atoms with Gasteiger partial charge in [0.2, 0.25) is 0 Å². The third-order valence-corrected chi connectivity index (χ3v) is 10.5. The molecular weight excluding hydrogens is 531 g/mol. The van der Waals surface area contributed by atoms with Crippen molar-refractivity contribution < 1.29 is 30.8 Å². The first-order valence-corrected chi connectivity index (χ1v) is 16.4. The predicted molar refractivity (Wildman–Crippen MR) is 144 cm³/mol. The molecule has 4 rings (SSSR count). The second kappa shape index (κ2) is 11.2. The fourth-order valence-electron chi connectivity index (χ4n) is 5.07. The number of carbonyl (C=O) groups is 1. The lowest BCUT2D eigenvalue weighted by Gasteiger charge is -2.36. The number of hydrogen-bond donors (Lipinski definition) is 0. The molecular formula is C27H35FN2O6S2. The summed E-state index contributed by atoms with van der Waals surface area (Å²) in [6.45, 7) is 4.87. The molecule has 2 aromatic carbocycles. The van der Waals surface area contributed by atoms with Crippen LogP contribution in [0.1, 0.15) is 56.3 Å². The quantitative estimate of drug-likeness (QED) is 0.498. The monoisotopic (exact) mass is 566 g/mol. The average molecular weight is 567 g/mol. The number of sulfone groups is 2. The number of carbonyl (C=O) groups excluding carboxylic acids is 1. The molecule has 0 radical (unpaired) electrons. The molecule has 1 saturated carbocycles. The molecule has 0 bridgehead atoms. The van der Waals surface area contributed by atoms with Crippen LogP contribution in [0.5, 0.6) is 5.75 Å². The summed E-state index contributed by atoms with van der Waals surface area (Å²) < 4.78 is 71.0. The summed E-state index contributed by atoms with van der Waals surface area (Å²) in [5.41, 5.74) is 0.459. The van der Waals surface area contributed by atoms with Crippen molar-refractivity contribution in [3.63, 3.8) is 0 Å². The summed E-state index contributed by atoms with van der Waals surface area (Å²) in [5.74, 6) is -0.657. The third-order valence-electron chi connectivity index (χ3n) is 7.12. The molecule has 1 aliphatic carbocycles. The van der Waals surface area contributed by atoms with Crippen molar-refractivity contribution in [2.45, 2.75) is 67.1 Å². The van der Waals surface area contributed by atoms with Gasteiger partial charge >= 0.3 is 0 Å². The van der Waals surface area contributed by atoms with Crippen molar-refractivity contribution in [2.24, 2.45) is 0 Å². The lowest BCUT2D eigenvalue weighted by molar-refractivity contribution is 0.0740. The van der Waals surface area contributed by atoms with E-state index in [1.165, 1.54) is 30.3 Å². The Morgan fingerprint density at radius 1 is 0.921 bits per heavy atom. The zero-order chi connectivity index (χ0) is 27.7. The molecule has 2 fully saturated rings. The van der Waals surface area contributed by atoms with Crippen LogP contribution in [-0.4, -0.2) is 71.4 Å². The Hall–Kier alpha value is -2.66. The first kappa shape index (κ1) is 28.4. The Bertz CT molecular complexity index is 1390. The van der Waals surface area contributed by atoms with Crippen molar-refractivity contribution in [1.82, 2.24) is 4.90 Å². The van der Waals surface area contributed by atoms with Crippen LogP contribution in [0.2, 0.25) is 0 Å². The third kappa shape index (κ3) is 6.14. The Morgan fingerprint density at radius 3 is 2.13 bits per heavy atom. The Morgan fingerprint density at radius 2 is 1.55 bits per heavy atom. The lowest BCUT2D eigenvalue weighted by atomic mass is 10.0. The van der Waals surface area contributed by atoms with E-state index in [9.17, 15) is 21.6 Å². The maximum atomic E-state index is 15.1. The van der Waals surface area contributed by atoms with Crippen molar-refractivity contribution in [1.29, 1.82) is 0 Å². The summed E-state index contributed by atoms with van der Waals surface area (Å²) in [6.07, 6.45) is 4.86. The zero-order valence-corrected chi connectivity index (χ0v) is 23.7. The van der Waals surface area contributed by atoms with E-state index in [0.717, 1.165) is 31.6 Å². The fraction of sp³-hybridized carbons (Fsp3) is 0.519. The molecule has 11 heteroatoms. The summed E-state index contributed by atoms with van der Waals surface area (Å²) in [5, 5.41) is -0.457. The summed E-state index contributed by atoms with van der Waals surface area (Å²) in [7, 11) is -7.10. The zero-order valence-electron chi connectivity index (χ0n) is 22.0. The van der Waals surface area contributed by atoms with Gasteiger partial charge in [-0.2, -0.15) is 0 Å². The number of halogens is 1. The Kier molecular flexibility index (Phi) is 8.37. The van der Waals surface area contributed by atoms with E-state index >= 15 is 4.39 Å². The topological polar surface area (TPSA) is 101 Å². The van der Waals surface area contributed by atoms with E-state index < -0.39 is 30.7 Å². The second-order valence-electron chi connectivity index (χ2n) is 10.3. The molecule has 8 nitrogen and oxygen atoms in total. The Balaban J connectivity index is 1.49. The van der Waals surface area contributed by atoms with Gasteiger partial charge in [-0.05, 0) is 63.1 Å². The molecule has 0 atom stereocenters. The van der Waals surface area contributed by atoms with E-state index in [1.807, 2.05) is 13.8 Å². The van der Waals surface area contributed by atoms with Gasteiger partial charge in [0.05, 0.1) is 32.4 Å². The molecule has 2 aliphatic rings. The number of benzene rings is 2. The van der Waals surface area contributed by atoms with Crippen LogP contribution < -0.4 is 9.64 Å². The number of rotatable bonds is 7. The largest absolute Gasteiger partial charge is 0.490 e. The molecule has 0 N–H and O–H groups in total. The summed E-state index contributed by atoms with van der Waals surface area (Å²) in [4.78, 5) is 16.8. The Labute approximate surface area is 224 Å². The molecule has 1 amide bonds. The van der Waals surface area contributed by atoms with Crippen LogP contribution in [0.4, 0.5) is 10.1 Å². The highest BCUT2D eigenvalue weighted by atomic mass is 32.2. The number of anilines is 1. The summed E-state index contributed by atoms with van der Waals surface area (Å²) in [6, 6.07) is 8.36. The maximum absolute atomic E-state index is 15.1. The smallest absolute Gasteiger partial charge is 0.257 e. The normalized spacial score (nSPS) is 17.6. The van der Waals surface area contributed by atoms with Crippen molar-refractivity contribution in [3.8, 4) is 5.75 Å². The van der Waals surface area contributed by atoms with E-state index in [4.69, 9.17) is 4.74 Å². The van der Waals surface area contributed by atoms with E-state index in [1.54, 1.807) is 9.80 Å². The van der Waals surface area contributed by atoms with Crippen LogP contribution in [-0.2, 0) is 19.7 Å². The molecule has 208 valence electrons. The van der Waals surface area contributed by atoms with Gasteiger partial charge in [0.15, 0.2) is 19.7 Å². The summed E-state index contributed by atoms with van der Waals surface area (Å²) >= 11 is 0. The lowest BCUT2D eigenvalue weighted by Crippen LogP contribution is -2.49. The molecule has 2 aromatic rings. The maximum Gasteiger partial charge on any atom is 0.257 e. The number of amides is 1. The number of ether oxygens (including phenoxy) is 1. The van der Waals surface area contributed by atoms with E-state index in [2.05, 4.69) is 0 Å². The number of nitrogens with zero attached hydrogens (tertiary/aromatic N) is 2. The molecule has 38 heavy (non-hydrogen) atoms.